The van der Waals surface area contributed by atoms with Gasteiger partial charge in [0.05, 0.1) is 23.4 Å². The molecule has 1 amide bonds. The van der Waals surface area contributed by atoms with Crippen molar-refractivity contribution < 1.29 is 14.7 Å². The Morgan fingerprint density at radius 2 is 2.00 bits per heavy atom. The SMILES string of the molecule is CCN(CCC(=O)O)C(=O)c1cc(C)nnc1C. The Balaban J connectivity index is 2.89. The Labute approximate surface area is 106 Å². The van der Waals surface area contributed by atoms with E-state index >= 15 is 0 Å². The van der Waals surface area contributed by atoms with Crippen molar-refractivity contribution in [2.24, 2.45) is 0 Å². The van der Waals surface area contributed by atoms with Gasteiger partial charge in [-0.1, -0.05) is 0 Å². The number of hydrogen-bond donors (Lipinski definition) is 1. The Bertz CT molecular complexity index is 460. The maximum absolute atomic E-state index is 12.2. The van der Waals surface area contributed by atoms with Crippen molar-refractivity contribution in [3.05, 3.63) is 23.0 Å². The van der Waals surface area contributed by atoms with Gasteiger partial charge in [0.1, 0.15) is 0 Å². The average molecular weight is 251 g/mol. The van der Waals surface area contributed by atoms with Gasteiger partial charge in [0.15, 0.2) is 0 Å². The zero-order valence-electron chi connectivity index (χ0n) is 10.8. The molecule has 0 bridgehead atoms. The number of nitrogens with zero attached hydrogens (tertiary/aromatic N) is 3. The van der Waals surface area contributed by atoms with E-state index in [1.807, 2.05) is 6.92 Å². The zero-order valence-corrected chi connectivity index (χ0v) is 10.8. The van der Waals surface area contributed by atoms with Crippen molar-refractivity contribution in [2.45, 2.75) is 27.2 Å². The first-order chi connectivity index (χ1) is 8.45. The normalized spacial score (nSPS) is 10.2. The molecule has 0 saturated carbocycles. The van der Waals surface area contributed by atoms with Crippen LogP contribution >= 0.6 is 0 Å². The van der Waals surface area contributed by atoms with E-state index in [1.54, 1.807) is 19.9 Å². The minimum Gasteiger partial charge on any atom is -0.481 e. The minimum atomic E-state index is -0.915. The van der Waals surface area contributed by atoms with Crippen LogP contribution in [0.4, 0.5) is 0 Å². The first-order valence-electron chi connectivity index (χ1n) is 5.77. The molecule has 18 heavy (non-hydrogen) atoms. The van der Waals surface area contributed by atoms with Crippen molar-refractivity contribution in [3.63, 3.8) is 0 Å². The molecule has 1 aromatic rings. The highest BCUT2D eigenvalue weighted by Crippen LogP contribution is 2.09. The predicted octanol–water partition coefficient (Wildman–Crippen LogP) is 1.03. The van der Waals surface area contributed by atoms with Crippen LogP contribution in [0, 0.1) is 13.8 Å². The first kappa shape index (κ1) is 14.1. The Morgan fingerprint density at radius 3 is 2.56 bits per heavy atom. The number of carbonyl (C=O) groups excluding carboxylic acids is 1. The average Bonchev–Trinajstić information content (AvgIpc) is 2.32. The summed E-state index contributed by atoms with van der Waals surface area (Å²) in [5.74, 6) is -1.11. The van der Waals surface area contributed by atoms with Crippen LogP contribution < -0.4 is 0 Å². The number of hydrogen-bond acceptors (Lipinski definition) is 4. The van der Waals surface area contributed by atoms with Crippen LogP contribution in [0.1, 0.15) is 35.1 Å². The molecule has 0 saturated heterocycles. The van der Waals surface area contributed by atoms with Crippen molar-refractivity contribution in [1.29, 1.82) is 0 Å². The van der Waals surface area contributed by atoms with Gasteiger partial charge in [0, 0.05) is 13.1 Å². The molecule has 0 aromatic carbocycles. The highest BCUT2D eigenvalue weighted by Gasteiger charge is 2.18. The van der Waals surface area contributed by atoms with Gasteiger partial charge in [0.25, 0.3) is 5.91 Å². The van der Waals surface area contributed by atoms with Crippen LogP contribution in [-0.4, -0.2) is 45.2 Å². The maximum atomic E-state index is 12.2. The molecule has 1 N–H and O–H groups in total. The van der Waals surface area contributed by atoms with E-state index in [0.717, 1.165) is 0 Å². The van der Waals surface area contributed by atoms with Crippen LogP contribution in [0.5, 0.6) is 0 Å². The number of carbonyl (C=O) groups is 2. The van der Waals surface area contributed by atoms with Crippen molar-refractivity contribution >= 4 is 11.9 Å². The van der Waals surface area contributed by atoms with Gasteiger partial charge < -0.3 is 10.0 Å². The third-order valence-corrected chi connectivity index (χ3v) is 2.60. The topological polar surface area (TPSA) is 83.4 Å². The zero-order chi connectivity index (χ0) is 13.7. The molecule has 0 aliphatic carbocycles. The third kappa shape index (κ3) is 3.51. The monoisotopic (exact) mass is 251 g/mol. The van der Waals surface area contributed by atoms with E-state index in [0.29, 0.717) is 23.5 Å². The van der Waals surface area contributed by atoms with E-state index in [4.69, 9.17) is 5.11 Å². The quantitative estimate of drug-likeness (QED) is 0.845. The molecule has 6 nitrogen and oxygen atoms in total. The number of aliphatic carboxylic acids is 1. The van der Waals surface area contributed by atoms with E-state index in [1.165, 1.54) is 4.90 Å². The molecule has 6 heteroatoms. The molecule has 0 unspecified atom stereocenters. The summed E-state index contributed by atoms with van der Waals surface area (Å²) >= 11 is 0. The summed E-state index contributed by atoms with van der Waals surface area (Å²) in [7, 11) is 0. The Morgan fingerprint density at radius 1 is 1.33 bits per heavy atom. The third-order valence-electron chi connectivity index (χ3n) is 2.60. The van der Waals surface area contributed by atoms with Crippen LogP contribution in [0.2, 0.25) is 0 Å². The fraction of sp³-hybridized carbons (Fsp3) is 0.500. The number of amides is 1. The van der Waals surface area contributed by atoms with Crippen LogP contribution in [0.15, 0.2) is 6.07 Å². The van der Waals surface area contributed by atoms with Gasteiger partial charge in [-0.15, -0.1) is 0 Å². The maximum Gasteiger partial charge on any atom is 0.305 e. The van der Waals surface area contributed by atoms with Crippen molar-refractivity contribution in [1.82, 2.24) is 15.1 Å². The first-order valence-corrected chi connectivity index (χ1v) is 5.77. The van der Waals surface area contributed by atoms with Gasteiger partial charge in [0.2, 0.25) is 0 Å². The molecule has 0 spiro atoms. The van der Waals surface area contributed by atoms with Gasteiger partial charge in [-0.05, 0) is 26.8 Å². The number of rotatable bonds is 5. The van der Waals surface area contributed by atoms with Gasteiger partial charge >= 0.3 is 5.97 Å². The Kier molecular flexibility index (Phi) is 4.76. The molecule has 98 valence electrons. The van der Waals surface area contributed by atoms with Gasteiger partial charge in [-0.3, -0.25) is 9.59 Å². The Hall–Kier alpha value is -1.98. The summed E-state index contributed by atoms with van der Waals surface area (Å²) < 4.78 is 0. The summed E-state index contributed by atoms with van der Waals surface area (Å²) in [4.78, 5) is 24.3. The molecule has 1 rings (SSSR count). The number of carboxylic acid groups (broad SMARTS) is 1. The molecule has 0 atom stereocenters. The fourth-order valence-electron chi connectivity index (χ4n) is 1.57. The second kappa shape index (κ2) is 6.09. The molecule has 0 fully saturated rings. The standard InChI is InChI=1S/C12H17N3O3/c1-4-15(6-5-11(16)17)12(18)10-7-8(2)13-14-9(10)3/h7H,4-6H2,1-3H3,(H,16,17). The molecule has 0 aliphatic rings. The smallest absolute Gasteiger partial charge is 0.305 e. The summed E-state index contributed by atoms with van der Waals surface area (Å²) in [5.41, 5.74) is 1.70. The summed E-state index contributed by atoms with van der Waals surface area (Å²) in [6, 6.07) is 1.67. The lowest BCUT2D eigenvalue weighted by Gasteiger charge is -2.20. The summed E-state index contributed by atoms with van der Waals surface area (Å²) in [5, 5.41) is 16.4. The summed E-state index contributed by atoms with van der Waals surface area (Å²) in [6.07, 6.45) is -0.0594. The predicted molar refractivity (Wildman–Crippen MR) is 65.3 cm³/mol. The van der Waals surface area contributed by atoms with Crippen LogP contribution in [-0.2, 0) is 4.79 Å². The second-order valence-electron chi connectivity index (χ2n) is 4.01. The number of aryl methyl sites for hydroxylation is 2. The highest BCUT2D eigenvalue weighted by molar-refractivity contribution is 5.95. The molecule has 1 aromatic heterocycles. The number of aromatic nitrogens is 2. The van der Waals surface area contributed by atoms with E-state index in [-0.39, 0.29) is 18.9 Å². The molecule has 1 heterocycles. The minimum absolute atomic E-state index is 0.0594. The lowest BCUT2D eigenvalue weighted by atomic mass is 10.1. The van der Waals surface area contributed by atoms with Crippen LogP contribution in [0.25, 0.3) is 0 Å². The van der Waals surface area contributed by atoms with E-state index in [9.17, 15) is 9.59 Å². The lowest BCUT2D eigenvalue weighted by molar-refractivity contribution is -0.137. The largest absolute Gasteiger partial charge is 0.481 e. The summed E-state index contributed by atoms with van der Waals surface area (Å²) in [6.45, 7) is 5.95. The van der Waals surface area contributed by atoms with E-state index in [2.05, 4.69) is 10.2 Å². The van der Waals surface area contributed by atoms with E-state index < -0.39 is 5.97 Å². The lowest BCUT2D eigenvalue weighted by Crippen LogP contribution is -2.33. The molecular weight excluding hydrogens is 234 g/mol. The van der Waals surface area contributed by atoms with Crippen molar-refractivity contribution in [3.8, 4) is 0 Å². The van der Waals surface area contributed by atoms with Crippen molar-refractivity contribution in [2.75, 3.05) is 13.1 Å². The fourth-order valence-corrected chi connectivity index (χ4v) is 1.57. The second-order valence-corrected chi connectivity index (χ2v) is 4.01. The highest BCUT2D eigenvalue weighted by atomic mass is 16.4. The molecule has 0 aliphatic heterocycles. The van der Waals surface area contributed by atoms with Crippen LogP contribution in [0.3, 0.4) is 0 Å². The number of carboxylic acids is 1. The van der Waals surface area contributed by atoms with Gasteiger partial charge in [-0.2, -0.15) is 10.2 Å². The molecule has 0 radical (unpaired) electrons. The molecular formula is C12H17N3O3. The van der Waals surface area contributed by atoms with Gasteiger partial charge in [-0.25, -0.2) is 0 Å².